The summed E-state index contributed by atoms with van der Waals surface area (Å²) >= 11 is 0. The molecular weight excluding hydrogens is 707 g/mol. The summed E-state index contributed by atoms with van der Waals surface area (Å²) in [5.74, 6) is 0.143. The van der Waals surface area contributed by atoms with E-state index in [2.05, 4.69) is 34.3 Å². The Morgan fingerprint density at radius 2 is 1.34 bits per heavy atom. The molecule has 11 heteroatoms. The van der Waals surface area contributed by atoms with E-state index in [0.717, 1.165) is 33.0 Å². The lowest BCUT2D eigenvalue weighted by Gasteiger charge is -2.34. The van der Waals surface area contributed by atoms with Crippen molar-refractivity contribution in [3.8, 4) is 5.75 Å². The van der Waals surface area contributed by atoms with Crippen LogP contribution in [-0.4, -0.2) is 73.4 Å². The van der Waals surface area contributed by atoms with Gasteiger partial charge in [-0.1, -0.05) is 115 Å². The third-order valence-electron chi connectivity index (χ3n) is 9.22. The van der Waals surface area contributed by atoms with Crippen LogP contribution in [0.25, 0.3) is 10.8 Å². The third-order valence-corrected chi connectivity index (χ3v) is 9.22. The molecule has 0 aliphatic heterocycles. The lowest BCUT2D eigenvalue weighted by Crippen LogP contribution is -2.56. The van der Waals surface area contributed by atoms with Gasteiger partial charge in [0.15, 0.2) is 6.29 Å². The fourth-order valence-electron chi connectivity index (χ4n) is 6.32. The average molecular weight is 760 g/mol. The molecule has 0 spiro atoms. The van der Waals surface area contributed by atoms with E-state index in [-0.39, 0.29) is 43.8 Å². The molecule has 1 atom stereocenters. The van der Waals surface area contributed by atoms with E-state index >= 15 is 0 Å². The summed E-state index contributed by atoms with van der Waals surface area (Å²) in [5.41, 5.74) is 6.79. The SMILES string of the molecule is CCOC(CN(Cc1cccc2ccccc12)C(=O)C(Cc1ccc(OCc2ccccc2)cc1)N(C)NC(=O)CCNC(=O)NCc1ccccc1)OCC. The number of fused-ring (bicyclic) bond motifs is 1. The van der Waals surface area contributed by atoms with Crippen LogP contribution in [0.5, 0.6) is 5.75 Å². The summed E-state index contributed by atoms with van der Waals surface area (Å²) in [7, 11) is 1.69. The quantitative estimate of drug-likeness (QED) is 0.0569. The van der Waals surface area contributed by atoms with Crippen LogP contribution in [0.2, 0.25) is 0 Å². The number of urea groups is 1. The van der Waals surface area contributed by atoms with Gasteiger partial charge in [0.1, 0.15) is 18.4 Å². The van der Waals surface area contributed by atoms with Crippen molar-refractivity contribution < 1.29 is 28.6 Å². The summed E-state index contributed by atoms with van der Waals surface area (Å²) < 4.78 is 17.9. The van der Waals surface area contributed by atoms with Crippen LogP contribution in [0, 0.1) is 0 Å². The molecule has 0 aliphatic carbocycles. The van der Waals surface area contributed by atoms with Crippen LogP contribution < -0.4 is 20.8 Å². The van der Waals surface area contributed by atoms with Gasteiger partial charge in [0, 0.05) is 46.3 Å². The fourth-order valence-corrected chi connectivity index (χ4v) is 6.32. The van der Waals surface area contributed by atoms with E-state index in [1.807, 2.05) is 123 Å². The van der Waals surface area contributed by atoms with E-state index in [0.29, 0.717) is 38.7 Å². The molecular formula is C45H53N5O6. The summed E-state index contributed by atoms with van der Waals surface area (Å²) in [4.78, 5) is 42.3. The van der Waals surface area contributed by atoms with Crippen molar-refractivity contribution in [2.45, 2.75) is 58.7 Å². The number of nitrogens with zero attached hydrogens (tertiary/aromatic N) is 2. The summed E-state index contributed by atoms with van der Waals surface area (Å²) in [6.45, 7) is 6.00. The van der Waals surface area contributed by atoms with Gasteiger partial charge in [-0.05, 0) is 65.4 Å². The topological polar surface area (TPSA) is 121 Å². The van der Waals surface area contributed by atoms with Gasteiger partial charge in [-0.3, -0.25) is 15.0 Å². The minimum atomic E-state index is -0.809. The first-order valence-electron chi connectivity index (χ1n) is 19.1. The highest BCUT2D eigenvalue weighted by Gasteiger charge is 2.31. The van der Waals surface area contributed by atoms with Gasteiger partial charge in [0.05, 0.1) is 6.54 Å². The van der Waals surface area contributed by atoms with Crippen molar-refractivity contribution in [3.05, 3.63) is 150 Å². The molecule has 0 bridgehead atoms. The zero-order chi connectivity index (χ0) is 39.5. The zero-order valence-corrected chi connectivity index (χ0v) is 32.5. The second-order valence-electron chi connectivity index (χ2n) is 13.3. The lowest BCUT2D eigenvalue weighted by molar-refractivity contribution is -0.163. The molecule has 0 saturated carbocycles. The number of carbonyl (C=O) groups is 3. The molecule has 5 aromatic carbocycles. The number of carbonyl (C=O) groups excluding carboxylic acids is 3. The Balaban J connectivity index is 1.33. The summed E-state index contributed by atoms with van der Waals surface area (Å²) in [6.07, 6.45) is -0.354. The molecule has 0 heterocycles. The first-order chi connectivity index (χ1) is 27.3. The van der Waals surface area contributed by atoms with E-state index in [1.54, 1.807) is 17.0 Å². The number of benzene rings is 5. The molecule has 11 nitrogen and oxygen atoms in total. The molecule has 3 N–H and O–H groups in total. The Morgan fingerprint density at radius 1 is 0.696 bits per heavy atom. The number of rotatable bonds is 21. The molecule has 0 fully saturated rings. The Hall–Kier alpha value is -5.75. The monoisotopic (exact) mass is 759 g/mol. The lowest BCUT2D eigenvalue weighted by atomic mass is 10.0. The van der Waals surface area contributed by atoms with Gasteiger partial charge in [-0.2, -0.15) is 0 Å². The predicted octanol–water partition coefficient (Wildman–Crippen LogP) is 6.61. The highest BCUT2D eigenvalue weighted by atomic mass is 16.7. The molecule has 294 valence electrons. The maximum absolute atomic E-state index is 14.9. The summed E-state index contributed by atoms with van der Waals surface area (Å²) in [6, 6.07) is 40.1. The Morgan fingerprint density at radius 3 is 2.04 bits per heavy atom. The van der Waals surface area contributed by atoms with Crippen molar-refractivity contribution >= 4 is 28.6 Å². The van der Waals surface area contributed by atoms with E-state index in [4.69, 9.17) is 14.2 Å². The van der Waals surface area contributed by atoms with Crippen molar-refractivity contribution in [2.75, 3.05) is 33.4 Å². The maximum atomic E-state index is 14.9. The molecule has 1 unspecified atom stereocenters. The standard InChI is InChI=1S/C45H53N5O6/c1-4-54-43(55-5-2)32-50(31-38-21-14-20-37-19-12-13-22-40(37)38)44(52)41(29-34-23-25-39(26-24-34)56-33-36-17-10-7-11-18-36)49(3)48-42(51)27-28-46-45(53)47-30-35-15-8-6-9-16-35/h6-26,41,43H,4-5,27-33H2,1-3H3,(H,48,51)(H2,46,47,53). The van der Waals surface area contributed by atoms with Crippen LogP contribution >= 0.6 is 0 Å². The highest BCUT2D eigenvalue weighted by Crippen LogP contribution is 2.23. The van der Waals surface area contributed by atoms with Gasteiger partial charge in [0.2, 0.25) is 11.8 Å². The Kier molecular flexibility index (Phi) is 16.2. The number of likely N-dealkylation sites (N-methyl/N-ethyl adjacent to an activating group) is 1. The fraction of sp³-hybridized carbons (Fsp3) is 0.311. The number of hydrazine groups is 1. The van der Waals surface area contributed by atoms with Gasteiger partial charge < -0.3 is 29.7 Å². The Labute approximate surface area is 329 Å². The molecule has 0 aliphatic rings. The van der Waals surface area contributed by atoms with E-state index < -0.39 is 12.3 Å². The van der Waals surface area contributed by atoms with Crippen LogP contribution in [0.4, 0.5) is 4.79 Å². The molecule has 56 heavy (non-hydrogen) atoms. The van der Waals surface area contributed by atoms with Crippen molar-refractivity contribution in [1.82, 2.24) is 26.0 Å². The molecule has 5 rings (SSSR count). The Bertz CT molecular complexity index is 1950. The third kappa shape index (κ3) is 12.9. The zero-order valence-electron chi connectivity index (χ0n) is 32.5. The molecule has 0 radical (unpaired) electrons. The molecule has 4 amide bonds. The van der Waals surface area contributed by atoms with Gasteiger partial charge in [-0.25, -0.2) is 9.80 Å². The van der Waals surface area contributed by atoms with E-state index in [9.17, 15) is 14.4 Å². The van der Waals surface area contributed by atoms with E-state index in [1.165, 1.54) is 0 Å². The van der Waals surface area contributed by atoms with Gasteiger partial charge >= 0.3 is 6.03 Å². The number of nitrogens with one attached hydrogen (secondary N) is 3. The molecule has 0 aromatic heterocycles. The average Bonchev–Trinajstić information content (AvgIpc) is 3.22. The van der Waals surface area contributed by atoms with Gasteiger partial charge in [0.25, 0.3) is 0 Å². The van der Waals surface area contributed by atoms with Gasteiger partial charge in [-0.15, -0.1) is 0 Å². The second-order valence-corrected chi connectivity index (χ2v) is 13.3. The largest absolute Gasteiger partial charge is 0.489 e. The number of hydrogen-bond donors (Lipinski definition) is 3. The van der Waals surface area contributed by atoms with Crippen LogP contribution in [-0.2, 0) is 45.2 Å². The van der Waals surface area contributed by atoms with Crippen LogP contribution in [0.3, 0.4) is 0 Å². The van der Waals surface area contributed by atoms with Crippen molar-refractivity contribution in [1.29, 1.82) is 0 Å². The van der Waals surface area contributed by atoms with Crippen LogP contribution in [0.1, 0.15) is 42.5 Å². The summed E-state index contributed by atoms with van der Waals surface area (Å²) in [5, 5.41) is 9.21. The minimum Gasteiger partial charge on any atom is -0.489 e. The first-order valence-corrected chi connectivity index (χ1v) is 19.1. The maximum Gasteiger partial charge on any atom is 0.315 e. The second kappa shape index (κ2) is 22.0. The predicted molar refractivity (Wildman–Crippen MR) is 218 cm³/mol. The van der Waals surface area contributed by atoms with Crippen LogP contribution in [0.15, 0.2) is 127 Å². The first kappa shape index (κ1) is 41.4. The highest BCUT2D eigenvalue weighted by molar-refractivity contribution is 5.87. The normalized spacial score (nSPS) is 11.7. The smallest absolute Gasteiger partial charge is 0.315 e. The van der Waals surface area contributed by atoms with Crippen molar-refractivity contribution in [3.63, 3.8) is 0 Å². The number of amides is 4. The molecule has 5 aromatic rings. The minimum absolute atomic E-state index is 0.00787. The molecule has 0 saturated heterocycles. The van der Waals surface area contributed by atoms with Crippen molar-refractivity contribution in [2.24, 2.45) is 0 Å². The number of ether oxygens (including phenoxy) is 3. The number of hydrogen-bond acceptors (Lipinski definition) is 7.